The SMILES string of the molecule is COc1cc(C(=O)NC(C)c2ccccn2)cc(OC)c1OC. The van der Waals surface area contributed by atoms with Crippen molar-refractivity contribution >= 4 is 5.91 Å². The summed E-state index contributed by atoms with van der Waals surface area (Å²) in [5.41, 5.74) is 1.20. The number of hydrogen-bond acceptors (Lipinski definition) is 5. The van der Waals surface area contributed by atoms with Crippen LogP contribution in [0.25, 0.3) is 0 Å². The summed E-state index contributed by atoms with van der Waals surface area (Å²) in [7, 11) is 4.54. The Morgan fingerprint density at radius 2 is 1.74 bits per heavy atom. The van der Waals surface area contributed by atoms with E-state index in [0.29, 0.717) is 22.8 Å². The third-order valence-corrected chi connectivity index (χ3v) is 3.41. The number of carbonyl (C=O) groups excluding carboxylic acids is 1. The molecule has 1 aromatic heterocycles. The predicted octanol–water partition coefficient (Wildman–Crippen LogP) is 2.60. The number of hydrogen-bond donors (Lipinski definition) is 1. The molecule has 1 heterocycles. The molecule has 1 unspecified atom stereocenters. The zero-order chi connectivity index (χ0) is 16.8. The van der Waals surface area contributed by atoms with Gasteiger partial charge in [-0.25, -0.2) is 0 Å². The van der Waals surface area contributed by atoms with Crippen molar-refractivity contribution in [2.75, 3.05) is 21.3 Å². The van der Waals surface area contributed by atoms with Gasteiger partial charge in [0.05, 0.1) is 33.1 Å². The molecule has 122 valence electrons. The van der Waals surface area contributed by atoms with E-state index in [-0.39, 0.29) is 11.9 Å². The van der Waals surface area contributed by atoms with Gasteiger partial charge in [0.2, 0.25) is 5.75 Å². The first-order valence-corrected chi connectivity index (χ1v) is 7.12. The number of nitrogens with one attached hydrogen (secondary N) is 1. The summed E-state index contributed by atoms with van der Waals surface area (Å²) in [4.78, 5) is 16.7. The van der Waals surface area contributed by atoms with Crippen LogP contribution in [0.2, 0.25) is 0 Å². The number of amides is 1. The van der Waals surface area contributed by atoms with Gasteiger partial charge in [-0.2, -0.15) is 0 Å². The van der Waals surface area contributed by atoms with Crippen LogP contribution in [0.5, 0.6) is 17.2 Å². The average molecular weight is 316 g/mol. The van der Waals surface area contributed by atoms with E-state index in [1.54, 1.807) is 18.3 Å². The zero-order valence-electron chi connectivity index (χ0n) is 13.6. The first kappa shape index (κ1) is 16.6. The zero-order valence-corrected chi connectivity index (χ0v) is 13.6. The molecule has 0 aliphatic heterocycles. The topological polar surface area (TPSA) is 69.7 Å². The summed E-state index contributed by atoms with van der Waals surface area (Å²) in [6.45, 7) is 1.87. The van der Waals surface area contributed by atoms with Gasteiger partial charge in [0.25, 0.3) is 5.91 Å². The van der Waals surface area contributed by atoms with E-state index < -0.39 is 0 Å². The lowest BCUT2D eigenvalue weighted by molar-refractivity contribution is 0.0938. The minimum Gasteiger partial charge on any atom is -0.493 e. The lowest BCUT2D eigenvalue weighted by Gasteiger charge is -2.16. The highest BCUT2D eigenvalue weighted by molar-refractivity contribution is 5.95. The molecule has 0 fully saturated rings. The number of ether oxygens (including phenoxy) is 3. The van der Waals surface area contributed by atoms with Crippen molar-refractivity contribution < 1.29 is 19.0 Å². The molecule has 0 spiro atoms. The Morgan fingerprint density at radius 3 is 2.22 bits per heavy atom. The van der Waals surface area contributed by atoms with Crippen LogP contribution in [0.15, 0.2) is 36.5 Å². The van der Waals surface area contributed by atoms with Gasteiger partial charge in [-0.1, -0.05) is 6.07 Å². The summed E-state index contributed by atoms with van der Waals surface area (Å²) in [5, 5.41) is 2.90. The van der Waals surface area contributed by atoms with E-state index in [1.165, 1.54) is 21.3 Å². The Labute approximate surface area is 135 Å². The highest BCUT2D eigenvalue weighted by atomic mass is 16.5. The van der Waals surface area contributed by atoms with Crippen molar-refractivity contribution in [2.45, 2.75) is 13.0 Å². The Morgan fingerprint density at radius 1 is 1.09 bits per heavy atom. The van der Waals surface area contributed by atoms with Crippen LogP contribution in [0.1, 0.15) is 29.0 Å². The summed E-state index contributed by atoms with van der Waals surface area (Å²) in [6.07, 6.45) is 1.69. The molecule has 1 N–H and O–H groups in total. The highest BCUT2D eigenvalue weighted by Gasteiger charge is 2.18. The molecule has 2 aromatic rings. The summed E-state index contributed by atoms with van der Waals surface area (Å²) in [5.74, 6) is 1.07. The Hall–Kier alpha value is -2.76. The molecule has 0 aliphatic rings. The van der Waals surface area contributed by atoms with Crippen molar-refractivity contribution in [1.29, 1.82) is 0 Å². The van der Waals surface area contributed by atoms with Crippen molar-refractivity contribution in [1.82, 2.24) is 10.3 Å². The second-order valence-electron chi connectivity index (χ2n) is 4.86. The molecule has 0 aliphatic carbocycles. The molecule has 1 amide bonds. The monoisotopic (exact) mass is 316 g/mol. The molecule has 0 bridgehead atoms. The van der Waals surface area contributed by atoms with E-state index in [1.807, 2.05) is 25.1 Å². The van der Waals surface area contributed by atoms with Crippen LogP contribution in [-0.2, 0) is 0 Å². The standard InChI is InChI=1S/C17H20N2O4/c1-11(13-7-5-6-8-18-13)19-17(20)12-9-14(21-2)16(23-4)15(10-12)22-3/h5-11H,1-4H3,(H,19,20). The molecule has 23 heavy (non-hydrogen) atoms. The average Bonchev–Trinajstić information content (AvgIpc) is 2.60. The fraction of sp³-hybridized carbons (Fsp3) is 0.294. The van der Waals surface area contributed by atoms with E-state index >= 15 is 0 Å². The van der Waals surface area contributed by atoms with Gasteiger partial charge in [0, 0.05) is 11.8 Å². The molecular formula is C17H20N2O4. The van der Waals surface area contributed by atoms with Gasteiger partial charge in [-0.05, 0) is 31.2 Å². The number of benzene rings is 1. The Balaban J connectivity index is 2.25. The van der Waals surface area contributed by atoms with Crippen molar-refractivity contribution in [3.8, 4) is 17.2 Å². The van der Waals surface area contributed by atoms with Crippen molar-refractivity contribution in [2.24, 2.45) is 0 Å². The lowest BCUT2D eigenvalue weighted by Crippen LogP contribution is -2.27. The van der Waals surface area contributed by atoms with Crippen molar-refractivity contribution in [3.05, 3.63) is 47.8 Å². The first-order chi connectivity index (χ1) is 11.1. The number of aromatic nitrogens is 1. The Kier molecular flexibility index (Phi) is 5.41. The van der Waals surface area contributed by atoms with Crippen LogP contribution >= 0.6 is 0 Å². The first-order valence-electron chi connectivity index (χ1n) is 7.12. The van der Waals surface area contributed by atoms with Crippen LogP contribution in [-0.4, -0.2) is 32.2 Å². The summed E-state index contributed by atoms with van der Waals surface area (Å²) >= 11 is 0. The minimum atomic E-state index is -0.248. The summed E-state index contributed by atoms with van der Waals surface area (Å²) in [6, 6.07) is 8.58. The number of carbonyl (C=O) groups is 1. The fourth-order valence-corrected chi connectivity index (χ4v) is 2.20. The van der Waals surface area contributed by atoms with Gasteiger partial charge >= 0.3 is 0 Å². The second-order valence-corrected chi connectivity index (χ2v) is 4.86. The molecule has 0 saturated carbocycles. The molecule has 2 rings (SSSR count). The molecule has 0 radical (unpaired) electrons. The van der Waals surface area contributed by atoms with Crippen LogP contribution < -0.4 is 19.5 Å². The summed E-state index contributed by atoms with van der Waals surface area (Å²) < 4.78 is 15.8. The molecule has 0 saturated heterocycles. The maximum absolute atomic E-state index is 12.5. The maximum atomic E-state index is 12.5. The number of pyridine rings is 1. The third-order valence-electron chi connectivity index (χ3n) is 3.41. The number of rotatable bonds is 6. The van der Waals surface area contributed by atoms with Gasteiger partial charge in [0.15, 0.2) is 11.5 Å². The van der Waals surface area contributed by atoms with Crippen LogP contribution in [0.4, 0.5) is 0 Å². The molecule has 1 atom stereocenters. The normalized spacial score (nSPS) is 11.5. The maximum Gasteiger partial charge on any atom is 0.252 e. The lowest BCUT2D eigenvalue weighted by atomic mass is 10.1. The second kappa shape index (κ2) is 7.49. The smallest absolute Gasteiger partial charge is 0.252 e. The molecule has 6 heteroatoms. The number of nitrogens with zero attached hydrogens (tertiary/aromatic N) is 1. The van der Waals surface area contributed by atoms with Gasteiger partial charge in [-0.3, -0.25) is 9.78 Å². The van der Waals surface area contributed by atoms with E-state index in [9.17, 15) is 4.79 Å². The largest absolute Gasteiger partial charge is 0.493 e. The van der Waals surface area contributed by atoms with E-state index in [0.717, 1.165) is 5.69 Å². The fourth-order valence-electron chi connectivity index (χ4n) is 2.20. The molecular weight excluding hydrogens is 296 g/mol. The quantitative estimate of drug-likeness (QED) is 0.887. The van der Waals surface area contributed by atoms with Gasteiger partial charge in [0.1, 0.15) is 0 Å². The van der Waals surface area contributed by atoms with Gasteiger partial charge < -0.3 is 19.5 Å². The minimum absolute atomic E-state index is 0.220. The van der Waals surface area contributed by atoms with Gasteiger partial charge in [-0.15, -0.1) is 0 Å². The van der Waals surface area contributed by atoms with Crippen molar-refractivity contribution in [3.63, 3.8) is 0 Å². The Bertz CT molecular complexity index is 649. The molecule has 1 aromatic carbocycles. The van der Waals surface area contributed by atoms with E-state index in [4.69, 9.17) is 14.2 Å². The molecule has 6 nitrogen and oxygen atoms in total. The number of methoxy groups -OCH3 is 3. The predicted molar refractivity (Wildman–Crippen MR) is 86.2 cm³/mol. The van der Waals surface area contributed by atoms with E-state index in [2.05, 4.69) is 10.3 Å². The van der Waals surface area contributed by atoms with Crippen LogP contribution in [0.3, 0.4) is 0 Å². The van der Waals surface area contributed by atoms with Crippen LogP contribution in [0, 0.1) is 0 Å². The highest BCUT2D eigenvalue weighted by Crippen LogP contribution is 2.38. The third kappa shape index (κ3) is 3.71.